The van der Waals surface area contributed by atoms with E-state index >= 15 is 0 Å². The highest BCUT2D eigenvalue weighted by molar-refractivity contribution is 6.35. The lowest BCUT2D eigenvalue weighted by atomic mass is 10.2. The number of carbonyl (C=O) groups is 1. The van der Waals surface area contributed by atoms with Gasteiger partial charge < -0.3 is 10.1 Å². The zero-order valence-electron chi connectivity index (χ0n) is 7.91. The molecular weight excluding hydrogens is 180 g/mol. The molecule has 1 heterocycles. The van der Waals surface area contributed by atoms with Crippen LogP contribution in [-0.4, -0.2) is 18.8 Å². The minimum Gasteiger partial charge on any atom is -0.465 e. The summed E-state index contributed by atoms with van der Waals surface area (Å²) >= 11 is 0. The van der Waals surface area contributed by atoms with Crippen LogP contribution in [0.4, 0.5) is 0 Å². The number of esters is 1. The molecule has 0 unspecified atom stereocenters. The van der Waals surface area contributed by atoms with Crippen molar-refractivity contribution in [3.8, 4) is 0 Å². The first kappa shape index (κ1) is 10.2. The second-order valence-corrected chi connectivity index (χ2v) is 2.73. The van der Waals surface area contributed by atoms with E-state index in [1.807, 2.05) is 24.3 Å². The van der Waals surface area contributed by atoms with E-state index in [-0.39, 0.29) is 12.1 Å². The standard InChI is InChI=1S/C10H12N2O2/c1-14-10(13)9(11)7-8-5-3-2-4-6-12-8/h2-6,11-12H,7H2,1H3. The van der Waals surface area contributed by atoms with E-state index in [0.717, 1.165) is 5.70 Å². The molecule has 2 N–H and O–H groups in total. The Labute approximate surface area is 82.5 Å². The number of hydrogen-bond acceptors (Lipinski definition) is 4. The largest absolute Gasteiger partial charge is 0.465 e. The summed E-state index contributed by atoms with van der Waals surface area (Å²) in [7, 11) is 1.27. The van der Waals surface area contributed by atoms with Crippen molar-refractivity contribution in [3.63, 3.8) is 0 Å². The van der Waals surface area contributed by atoms with Crippen molar-refractivity contribution in [2.24, 2.45) is 0 Å². The molecule has 0 saturated heterocycles. The van der Waals surface area contributed by atoms with Crippen LogP contribution in [0.25, 0.3) is 0 Å². The Hall–Kier alpha value is -1.84. The number of allylic oxidation sites excluding steroid dienone is 5. The Morgan fingerprint density at radius 2 is 2.29 bits per heavy atom. The molecule has 0 bridgehead atoms. The topological polar surface area (TPSA) is 62.2 Å². The molecule has 1 aliphatic heterocycles. The molecule has 1 rings (SSSR count). The molecule has 74 valence electrons. The number of rotatable bonds is 3. The smallest absolute Gasteiger partial charge is 0.352 e. The van der Waals surface area contributed by atoms with Crippen LogP contribution in [0.1, 0.15) is 6.42 Å². The maximum absolute atomic E-state index is 10.9. The Balaban J connectivity index is 2.56. The van der Waals surface area contributed by atoms with Gasteiger partial charge in [0.2, 0.25) is 0 Å². The van der Waals surface area contributed by atoms with Gasteiger partial charge in [-0.15, -0.1) is 0 Å². The summed E-state index contributed by atoms with van der Waals surface area (Å²) in [5.41, 5.74) is 0.736. The molecule has 0 aromatic heterocycles. The third-order valence-electron chi connectivity index (χ3n) is 1.68. The van der Waals surface area contributed by atoms with Gasteiger partial charge in [-0.1, -0.05) is 12.2 Å². The highest BCUT2D eigenvalue weighted by Gasteiger charge is 2.10. The zero-order chi connectivity index (χ0) is 10.4. The van der Waals surface area contributed by atoms with Crippen LogP contribution < -0.4 is 5.32 Å². The van der Waals surface area contributed by atoms with Crippen molar-refractivity contribution in [1.29, 1.82) is 5.41 Å². The summed E-state index contributed by atoms with van der Waals surface area (Å²) in [6, 6.07) is 0. The molecule has 0 saturated carbocycles. The fourth-order valence-electron chi connectivity index (χ4n) is 0.990. The number of methoxy groups -OCH3 is 1. The lowest BCUT2D eigenvalue weighted by molar-refractivity contribution is -0.132. The van der Waals surface area contributed by atoms with Crippen LogP contribution >= 0.6 is 0 Å². The van der Waals surface area contributed by atoms with Crippen LogP contribution in [0.15, 0.2) is 36.2 Å². The molecule has 0 amide bonds. The van der Waals surface area contributed by atoms with E-state index in [4.69, 9.17) is 5.41 Å². The number of hydrogen-bond donors (Lipinski definition) is 2. The van der Waals surface area contributed by atoms with Gasteiger partial charge in [0.15, 0.2) is 0 Å². The summed E-state index contributed by atoms with van der Waals surface area (Å²) in [5.74, 6) is -0.593. The molecule has 4 nitrogen and oxygen atoms in total. The number of carbonyl (C=O) groups excluding carboxylic acids is 1. The minimum atomic E-state index is -0.593. The van der Waals surface area contributed by atoms with Gasteiger partial charge in [0.05, 0.1) is 7.11 Å². The van der Waals surface area contributed by atoms with Crippen molar-refractivity contribution in [2.45, 2.75) is 6.42 Å². The first-order valence-corrected chi connectivity index (χ1v) is 4.18. The maximum atomic E-state index is 10.9. The summed E-state index contributed by atoms with van der Waals surface area (Å²) < 4.78 is 4.43. The van der Waals surface area contributed by atoms with E-state index in [0.29, 0.717) is 0 Å². The summed E-state index contributed by atoms with van der Waals surface area (Å²) in [6.07, 6.45) is 9.36. The van der Waals surface area contributed by atoms with Crippen molar-refractivity contribution in [2.75, 3.05) is 7.11 Å². The fraction of sp³-hybridized carbons (Fsp3) is 0.200. The third kappa shape index (κ3) is 2.90. The van der Waals surface area contributed by atoms with Crippen molar-refractivity contribution in [1.82, 2.24) is 5.32 Å². The van der Waals surface area contributed by atoms with Crippen LogP contribution in [0, 0.1) is 5.41 Å². The van der Waals surface area contributed by atoms with Crippen molar-refractivity contribution in [3.05, 3.63) is 36.2 Å². The van der Waals surface area contributed by atoms with E-state index in [2.05, 4.69) is 10.1 Å². The Kier molecular flexibility index (Phi) is 3.67. The minimum absolute atomic E-state index is 0.0602. The molecule has 0 atom stereocenters. The van der Waals surface area contributed by atoms with Gasteiger partial charge in [0, 0.05) is 18.3 Å². The van der Waals surface area contributed by atoms with Crippen LogP contribution in [0.2, 0.25) is 0 Å². The van der Waals surface area contributed by atoms with Gasteiger partial charge in [-0.2, -0.15) is 0 Å². The molecule has 14 heavy (non-hydrogen) atoms. The molecule has 1 aliphatic rings. The molecule has 0 aromatic carbocycles. The van der Waals surface area contributed by atoms with E-state index < -0.39 is 5.97 Å². The molecule has 0 radical (unpaired) electrons. The first-order chi connectivity index (χ1) is 6.74. The van der Waals surface area contributed by atoms with Crippen LogP contribution in [-0.2, 0) is 9.53 Å². The molecule has 0 aromatic rings. The van der Waals surface area contributed by atoms with Gasteiger partial charge in [-0.05, 0) is 12.2 Å². The Morgan fingerprint density at radius 1 is 1.50 bits per heavy atom. The summed E-state index contributed by atoms with van der Waals surface area (Å²) in [6.45, 7) is 0. The lowest BCUT2D eigenvalue weighted by Gasteiger charge is -2.05. The van der Waals surface area contributed by atoms with Gasteiger partial charge >= 0.3 is 5.97 Å². The summed E-state index contributed by atoms with van der Waals surface area (Å²) in [4.78, 5) is 10.9. The highest BCUT2D eigenvalue weighted by atomic mass is 16.5. The van der Waals surface area contributed by atoms with Crippen molar-refractivity contribution < 1.29 is 9.53 Å². The second kappa shape index (κ2) is 5.01. The molecular formula is C10H12N2O2. The fourth-order valence-corrected chi connectivity index (χ4v) is 0.990. The van der Waals surface area contributed by atoms with Crippen LogP contribution in [0.5, 0.6) is 0 Å². The monoisotopic (exact) mass is 192 g/mol. The average molecular weight is 192 g/mol. The second-order valence-electron chi connectivity index (χ2n) is 2.73. The van der Waals surface area contributed by atoms with E-state index in [9.17, 15) is 4.79 Å². The van der Waals surface area contributed by atoms with Gasteiger partial charge in [-0.25, -0.2) is 4.79 Å². The highest BCUT2D eigenvalue weighted by Crippen LogP contribution is 2.02. The SMILES string of the molecule is COC(=O)C(=N)CC1=CC=CC=CN1. The predicted octanol–water partition coefficient (Wildman–Crippen LogP) is 1.13. The third-order valence-corrected chi connectivity index (χ3v) is 1.68. The van der Waals surface area contributed by atoms with Gasteiger partial charge in [-0.3, -0.25) is 5.41 Å². The Morgan fingerprint density at radius 3 is 3.00 bits per heavy atom. The van der Waals surface area contributed by atoms with E-state index in [1.54, 1.807) is 6.20 Å². The van der Waals surface area contributed by atoms with Gasteiger partial charge in [0.1, 0.15) is 5.71 Å². The molecule has 4 heteroatoms. The number of ether oxygens (including phenoxy) is 1. The molecule has 0 spiro atoms. The average Bonchev–Trinajstić information content (AvgIpc) is 2.45. The van der Waals surface area contributed by atoms with Crippen molar-refractivity contribution >= 4 is 11.7 Å². The summed E-state index contributed by atoms with van der Waals surface area (Å²) in [5, 5.41) is 10.4. The lowest BCUT2D eigenvalue weighted by Crippen LogP contribution is -2.18. The first-order valence-electron chi connectivity index (χ1n) is 4.18. The normalized spacial score (nSPS) is 13.9. The molecule has 0 aliphatic carbocycles. The Bertz CT molecular complexity index is 327. The van der Waals surface area contributed by atoms with Crippen LogP contribution in [0.3, 0.4) is 0 Å². The zero-order valence-corrected chi connectivity index (χ0v) is 7.91. The van der Waals surface area contributed by atoms with Gasteiger partial charge in [0.25, 0.3) is 0 Å². The number of nitrogens with one attached hydrogen (secondary N) is 2. The predicted molar refractivity (Wildman–Crippen MR) is 53.9 cm³/mol. The quantitative estimate of drug-likeness (QED) is 0.520. The van der Waals surface area contributed by atoms with E-state index in [1.165, 1.54) is 7.11 Å². The maximum Gasteiger partial charge on any atom is 0.352 e. The molecule has 0 fully saturated rings.